The molecule has 1 fully saturated rings. The van der Waals surface area contributed by atoms with Crippen LogP contribution in [0.1, 0.15) is 24.0 Å². The third-order valence-electron chi connectivity index (χ3n) is 6.26. The Kier molecular flexibility index (Phi) is 6.89. The van der Waals surface area contributed by atoms with Gasteiger partial charge in [0.2, 0.25) is 11.0 Å². The topological polar surface area (TPSA) is 88.9 Å². The van der Waals surface area contributed by atoms with Gasteiger partial charge >= 0.3 is 6.18 Å². The molecule has 1 amide bonds. The molecule has 7 nitrogen and oxygen atoms in total. The molecule has 0 unspecified atom stereocenters. The van der Waals surface area contributed by atoms with Crippen LogP contribution in [0.4, 0.5) is 13.2 Å². The number of para-hydroxylation sites is 1. The summed E-state index contributed by atoms with van der Waals surface area (Å²) in [7, 11) is -4.01. The Balaban J connectivity index is 1.21. The fourth-order valence-corrected chi connectivity index (χ4v) is 5.95. The van der Waals surface area contributed by atoms with Gasteiger partial charge in [-0.25, -0.2) is 8.42 Å². The molecule has 0 spiro atoms. The van der Waals surface area contributed by atoms with Gasteiger partial charge in [-0.15, -0.1) is 0 Å². The van der Waals surface area contributed by atoms with Crippen molar-refractivity contribution in [3.8, 4) is 11.5 Å². The van der Waals surface area contributed by atoms with Gasteiger partial charge < -0.3 is 14.5 Å². The summed E-state index contributed by atoms with van der Waals surface area (Å²) in [5.74, 6) is -0.0439. The average Bonchev–Trinajstić information content (AvgIpc) is 3.56. The molecule has 3 aromatic carbocycles. The van der Waals surface area contributed by atoms with Gasteiger partial charge in [0.15, 0.2) is 0 Å². The SMILES string of the molecule is O=C(NCc1ccc(Oc2cccc(C(F)(F)F)c2)cc1)[C@@H]1CCCN1S(=O)(=O)c1cc2ccccc2o1. The number of rotatable bonds is 7. The highest BCUT2D eigenvalue weighted by Gasteiger charge is 2.41. The van der Waals surface area contributed by atoms with Crippen LogP contribution in [-0.2, 0) is 27.5 Å². The number of ether oxygens (including phenoxy) is 1. The summed E-state index contributed by atoms with van der Waals surface area (Å²) in [6, 6.07) is 18.6. The van der Waals surface area contributed by atoms with Crippen molar-refractivity contribution in [2.24, 2.45) is 0 Å². The molecule has 0 radical (unpaired) electrons. The predicted molar refractivity (Wildman–Crippen MR) is 133 cm³/mol. The fourth-order valence-electron chi connectivity index (χ4n) is 4.34. The molecule has 0 aliphatic carbocycles. The molecule has 11 heteroatoms. The van der Waals surface area contributed by atoms with Gasteiger partial charge in [-0.2, -0.15) is 17.5 Å². The number of amides is 1. The summed E-state index contributed by atoms with van der Waals surface area (Å²) in [5, 5.41) is 3.23. The molecule has 0 saturated carbocycles. The van der Waals surface area contributed by atoms with Crippen LogP contribution in [0.25, 0.3) is 11.0 Å². The van der Waals surface area contributed by atoms with Crippen molar-refractivity contribution in [3.63, 3.8) is 0 Å². The number of alkyl halides is 3. The smallest absolute Gasteiger partial charge is 0.416 e. The molecule has 1 saturated heterocycles. The van der Waals surface area contributed by atoms with Crippen molar-refractivity contribution in [1.82, 2.24) is 9.62 Å². The highest BCUT2D eigenvalue weighted by atomic mass is 32.2. The second-order valence-electron chi connectivity index (χ2n) is 8.87. The molecule has 38 heavy (non-hydrogen) atoms. The number of hydrogen-bond donors (Lipinski definition) is 1. The molecule has 2 heterocycles. The van der Waals surface area contributed by atoms with Crippen molar-refractivity contribution in [2.45, 2.75) is 36.7 Å². The van der Waals surface area contributed by atoms with Crippen LogP contribution in [0.15, 0.2) is 88.4 Å². The lowest BCUT2D eigenvalue weighted by Crippen LogP contribution is -2.45. The van der Waals surface area contributed by atoms with Crippen LogP contribution < -0.4 is 10.1 Å². The van der Waals surface area contributed by atoms with Crippen molar-refractivity contribution in [2.75, 3.05) is 6.54 Å². The van der Waals surface area contributed by atoms with E-state index < -0.39 is 33.7 Å². The molecule has 1 aliphatic rings. The van der Waals surface area contributed by atoms with Crippen molar-refractivity contribution in [1.29, 1.82) is 0 Å². The molecular formula is C27H23F3N2O5S. The summed E-state index contributed by atoms with van der Waals surface area (Å²) in [6.07, 6.45) is -3.55. The lowest BCUT2D eigenvalue weighted by atomic mass is 10.2. The summed E-state index contributed by atoms with van der Waals surface area (Å²) >= 11 is 0. The first-order chi connectivity index (χ1) is 18.1. The average molecular weight is 545 g/mol. The molecular weight excluding hydrogens is 521 g/mol. The number of halogens is 3. The van der Waals surface area contributed by atoms with Gasteiger partial charge in [-0.1, -0.05) is 36.4 Å². The Morgan fingerprint density at radius 2 is 1.76 bits per heavy atom. The summed E-state index contributed by atoms with van der Waals surface area (Å²) in [4.78, 5) is 12.9. The lowest BCUT2D eigenvalue weighted by Gasteiger charge is -2.22. The number of carbonyl (C=O) groups excluding carboxylic acids is 1. The number of hydrogen-bond acceptors (Lipinski definition) is 5. The van der Waals surface area contributed by atoms with Gasteiger partial charge in [0, 0.05) is 24.5 Å². The normalized spacial score (nSPS) is 16.6. The maximum Gasteiger partial charge on any atom is 0.416 e. The van der Waals surface area contributed by atoms with Gasteiger partial charge in [0.25, 0.3) is 10.0 Å². The van der Waals surface area contributed by atoms with Crippen LogP contribution in [0.5, 0.6) is 11.5 Å². The Hall–Kier alpha value is -3.83. The number of benzene rings is 3. The van der Waals surface area contributed by atoms with Gasteiger partial charge in [0.1, 0.15) is 23.1 Å². The largest absolute Gasteiger partial charge is 0.457 e. The summed E-state index contributed by atoms with van der Waals surface area (Å²) in [5.41, 5.74) is 0.351. The number of fused-ring (bicyclic) bond motifs is 1. The van der Waals surface area contributed by atoms with E-state index in [-0.39, 0.29) is 23.9 Å². The highest BCUT2D eigenvalue weighted by molar-refractivity contribution is 7.89. The quantitative estimate of drug-likeness (QED) is 0.322. The summed E-state index contributed by atoms with van der Waals surface area (Å²) < 4.78 is 77.4. The van der Waals surface area contributed by atoms with Crippen LogP contribution in [0.3, 0.4) is 0 Å². The van der Waals surface area contributed by atoms with Crippen molar-refractivity contribution < 1.29 is 35.5 Å². The third kappa shape index (κ3) is 5.39. The second kappa shape index (κ2) is 10.1. The number of nitrogens with zero attached hydrogens (tertiary/aromatic N) is 1. The van der Waals surface area contributed by atoms with Gasteiger partial charge in [0.05, 0.1) is 5.56 Å². The van der Waals surface area contributed by atoms with Crippen molar-refractivity contribution >= 4 is 26.9 Å². The highest BCUT2D eigenvalue weighted by Crippen LogP contribution is 2.33. The maximum atomic E-state index is 13.2. The van der Waals surface area contributed by atoms with Crippen LogP contribution in [0, 0.1) is 0 Å². The van der Waals surface area contributed by atoms with Gasteiger partial charge in [-0.05, 0) is 54.8 Å². The Morgan fingerprint density at radius 3 is 2.50 bits per heavy atom. The Labute approximate surface area is 216 Å². The van der Waals surface area contributed by atoms with E-state index in [1.165, 1.54) is 22.5 Å². The molecule has 1 atom stereocenters. The van der Waals surface area contributed by atoms with E-state index in [2.05, 4.69) is 5.32 Å². The molecule has 0 bridgehead atoms. The second-order valence-corrected chi connectivity index (χ2v) is 10.7. The van der Waals surface area contributed by atoms with Gasteiger partial charge in [-0.3, -0.25) is 4.79 Å². The first-order valence-corrected chi connectivity index (χ1v) is 13.3. The number of furan rings is 1. The van der Waals surface area contributed by atoms with E-state index in [9.17, 15) is 26.4 Å². The van der Waals surface area contributed by atoms with E-state index in [0.717, 1.165) is 12.1 Å². The number of sulfonamides is 1. The zero-order chi connectivity index (χ0) is 26.9. The number of carbonyl (C=O) groups is 1. The fraction of sp³-hybridized carbons (Fsp3) is 0.222. The van der Waals surface area contributed by atoms with E-state index in [1.54, 1.807) is 48.5 Å². The molecule has 4 aromatic rings. The maximum absolute atomic E-state index is 13.2. The Bertz CT molecular complexity index is 1530. The standard InChI is InChI=1S/C27H23F3N2O5S/c28-27(29,30)20-6-3-7-22(16-20)36-21-12-10-18(11-13-21)17-31-26(33)23-8-4-14-32(23)38(34,35)25-15-19-5-1-2-9-24(19)37-25/h1-3,5-7,9-13,15-16,23H,4,8,14,17H2,(H,31,33)/t23-/m0/s1. The first kappa shape index (κ1) is 25.8. The Morgan fingerprint density at radius 1 is 1.00 bits per heavy atom. The minimum absolute atomic E-state index is 0.0489. The lowest BCUT2D eigenvalue weighted by molar-refractivity contribution is -0.137. The monoisotopic (exact) mass is 544 g/mol. The van der Waals surface area contributed by atoms with Crippen LogP contribution in [0.2, 0.25) is 0 Å². The first-order valence-electron chi connectivity index (χ1n) is 11.8. The van der Waals surface area contributed by atoms with Crippen LogP contribution >= 0.6 is 0 Å². The van der Waals surface area contributed by atoms with E-state index in [0.29, 0.717) is 35.1 Å². The minimum atomic E-state index is -4.47. The van der Waals surface area contributed by atoms with E-state index in [4.69, 9.17) is 9.15 Å². The minimum Gasteiger partial charge on any atom is -0.457 e. The van der Waals surface area contributed by atoms with E-state index >= 15 is 0 Å². The third-order valence-corrected chi connectivity index (χ3v) is 8.02. The zero-order valence-corrected chi connectivity index (χ0v) is 20.8. The molecule has 1 N–H and O–H groups in total. The molecule has 198 valence electrons. The van der Waals surface area contributed by atoms with E-state index in [1.807, 2.05) is 0 Å². The summed E-state index contributed by atoms with van der Waals surface area (Å²) in [6.45, 7) is 0.344. The zero-order valence-electron chi connectivity index (χ0n) is 19.9. The molecule has 1 aromatic heterocycles. The van der Waals surface area contributed by atoms with Crippen LogP contribution in [-0.4, -0.2) is 31.2 Å². The predicted octanol–water partition coefficient (Wildman–Crippen LogP) is 5.71. The molecule has 5 rings (SSSR count). The molecule has 1 aliphatic heterocycles. The van der Waals surface area contributed by atoms with Crippen molar-refractivity contribution in [3.05, 3.63) is 90.0 Å². The number of nitrogens with one attached hydrogen (secondary N) is 1.